The highest BCUT2D eigenvalue weighted by Crippen LogP contribution is 2.23. The van der Waals surface area contributed by atoms with Gasteiger partial charge in [-0.3, -0.25) is 9.78 Å². The van der Waals surface area contributed by atoms with Gasteiger partial charge in [0, 0.05) is 27.6 Å². The first kappa shape index (κ1) is 16.7. The number of carbonyl (C=O) groups excluding carboxylic acids is 1. The van der Waals surface area contributed by atoms with Crippen molar-refractivity contribution in [3.05, 3.63) is 93.7 Å². The quantitative estimate of drug-likeness (QED) is 0.591. The van der Waals surface area contributed by atoms with E-state index in [0.29, 0.717) is 17.1 Å². The largest absolute Gasteiger partial charge is 0.304 e. The van der Waals surface area contributed by atoms with Crippen molar-refractivity contribution in [1.82, 2.24) is 4.98 Å². The third-order valence-corrected chi connectivity index (χ3v) is 4.33. The Morgan fingerprint density at radius 3 is 2.38 bits per heavy atom. The molecule has 0 unspecified atom stereocenters. The predicted molar refractivity (Wildman–Crippen MR) is 100 cm³/mol. The molecule has 0 aliphatic rings. The number of carbonyl (C=O) groups is 1. The summed E-state index contributed by atoms with van der Waals surface area (Å²) in [4.78, 5) is 18.7. The van der Waals surface area contributed by atoms with Crippen LogP contribution in [0.2, 0.25) is 5.02 Å². The number of amides is 1. The highest BCUT2D eigenvalue weighted by Gasteiger charge is 2.18. The molecule has 5 heteroatoms. The van der Waals surface area contributed by atoms with E-state index in [1.165, 1.54) is 0 Å². The zero-order valence-electron chi connectivity index (χ0n) is 12.7. The number of hydrogen-bond acceptors (Lipinski definition) is 2. The van der Waals surface area contributed by atoms with Crippen molar-refractivity contribution >= 4 is 39.1 Å². The Balaban J connectivity index is 1.95. The topological polar surface area (TPSA) is 33.2 Å². The molecular weight excluding hydrogens is 388 g/mol. The Morgan fingerprint density at radius 1 is 1.04 bits per heavy atom. The van der Waals surface area contributed by atoms with Crippen molar-refractivity contribution in [1.29, 1.82) is 0 Å². The molecule has 1 aromatic heterocycles. The third-order valence-electron chi connectivity index (χ3n) is 3.55. The molecule has 2 aromatic carbocycles. The molecule has 0 fully saturated rings. The second-order valence-electron chi connectivity index (χ2n) is 5.24. The van der Waals surface area contributed by atoms with Crippen LogP contribution in [-0.2, 0) is 6.54 Å². The van der Waals surface area contributed by atoms with Crippen LogP contribution in [0.4, 0.5) is 5.69 Å². The summed E-state index contributed by atoms with van der Waals surface area (Å²) in [6.07, 6.45) is 3.23. The summed E-state index contributed by atoms with van der Waals surface area (Å²) in [6, 6.07) is 18.7. The molecule has 0 bridgehead atoms. The van der Waals surface area contributed by atoms with Crippen LogP contribution in [-0.4, -0.2) is 10.9 Å². The summed E-state index contributed by atoms with van der Waals surface area (Å²) in [5.74, 6) is -0.0969. The van der Waals surface area contributed by atoms with Gasteiger partial charge in [0.15, 0.2) is 0 Å². The van der Waals surface area contributed by atoms with E-state index in [1.54, 1.807) is 29.4 Å². The van der Waals surface area contributed by atoms with Crippen LogP contribution >= 0.6 is 27.5 Å². The Morgan fingerprint density at radius 2 is 1.75 bits per heavy atom. The Labute approximate surface area is 154 Å². The molecule has 0 radical (unpaired) electrons. The molecule has 3 rings (SSSR count). The van der Waals surface area contributed by atoms with E-state index < -0.39 is 0 Å². The third kappa shape index (κ3) is 4.02. The molecule has 1 heterocycles. The highest BCUT2D eigenvalue weighted by molar-refractivity contribution is 9.10. The summed E-state index contributed by atoms with van der Waals surface area (Å²) in [7, 11) is 0. The second-order valence-corrected chi connectivity index (χ2v) is 6.59. The molecule has 0 saturated heterocycles. The average Bonchev–Trinajstić information content (AvgIpc) is 2.62. The second kappa shape index (κ2) is 7.60. The van der Waals surface area contributed by atoms with E-state index >= 15 is 0 Å². The zero-order chi connectivity index (χ0) is 16.9. The summed E-state index contributed by atoms with van der Waals surface area (Å²) in [6.45, 7) is 0.451. The van der Waals surface area contributed by atoms with Gasteiger partial charge >= 0.3 is 0 Å². The molecule has 0 spiro atoms. The van der Waals surface area contributed by atoms with Gasteiger partial charge in [-0.25, -0.2) is 0 Å². The molecule has 0 N–H and O–H groups in total. The average molecular weight is 402 g/mol. The SMILES string of the molecule is O=C(c1cccnc1)N(Cc1ccc(Cl)cc1)c1ccc(Br)cc1. The van der Waals surface area contributed by atoms with Crippen molar-refractivity contribution in [2.24, 2.45) is 0 Å². The minimum absolute atomic E-state index is 0.0969. The summed E-state index contributed by atoms with van der Waals surface area (Å²) < 4.78 is 0.964. The maximum absolute atomic E-state index is 12.9. The Hall–Kier alpha value is -2.17. The number of hydrogen-bond donors (Lipinski definition) is 0. The standard InChI is InChI=1S/C19H14BrClN2O/c20-16-5-9-18(10-6-16)23(13-14-3-7-17(21)8-4-14)19(24)15-2-1-11-22-12-15/h1-12H,13H2. The Bertz CT molecular complexity index is 820. The molecule has 120 valence electrons. The van der Waals surface area contributed by atoms with Gasteiger partial charge in [0.25, 0.3) is 5.91 Å². The van der Waals surface area contributed by atoms with Crippen molar-refractivity contribution < 1.29 is 4.79 Å². The molecule has 0 aliphatic heterocycles. The number of halogens is 2. The number of nitrogens with zero attached hydrogens (tertiary/aromatic N) is 2. The van der Waals surface area contributed by atoms with Crippen LogP contribution in [0.25, 0.3) is 0 Å². The molecule has 0 atom stereocenters. The van der Waals surface area contributed by atoms with Gasteiger partial charge < -0.3 is 4.90 Å². The van der Waals surface area contributed by atoms with Gasteiger partial charge in [-0.1, -0.05) is 39.7 Å². The van der Waals surface area contributed by atoms with Gasteiger partial charge in [0.05, 0.1) is 12.1 Å². The number of anilines is 1. The molecule has 3 aromatic rings. The van der Waals surface area contributed by atoms with E-state index in [4.69, 9.17) is 11.6 Å². The highest BCUT2D eigenvalue weighted by atomic mass is 79.9. The lowest BCUT2D eigenvalue weighted by Gasteiger charge is -2.23. The van der Waals surface area contributed by atoms with Crippen molar-refractivity contribution in [2.45, 2.75) is 6.54 Å². The lowest BCUT2D eigenvalue weighted by molar-refractivity contribution is 0.0985. The predicted octanol–water partition coefficient (Wildman–Crippen LogP) is 5.34. The van der Waals surface area contributed by atoms with E-state index in [0.717, 1.165) is 15.7 Å². The molecule has 24 heavy (non-hydrogen) atoms. The summed E-state index contributed by atoms with van der Waals surface area (Å²) in [5, 5.41) is 0.674. The molecule has 0 saturated carbocycles. The fourth-order valence-corrected chi connectivity index (χ4v) is 2.71. The first-order chi connectivity index (χ1) is 11.6. The minimum atomic E-state index is -0.0969. The lowest BCUT2D eigenvalue weighted by Crippen LogP contribution is -2.30. The van der Waals surface area contributed by atoms with Crippen LogP contribution < -0.4 is 4.90 Å². The van der Waals surface area contributed by atoms with Gasteiger partial charge in [-0.2, -0.15) is 0 Å². The Kier molecular flexibility index (Phi) is 5.28. The zero-order valence-corrected chi connectivity index (χ0v) is 15.0. The summed E-state index contributed by atoms with van der Waals surface area (Å²) >= 11 is 9.37. The number of aromatic nitrogens is 1. The van der Waals surface area contributed by atoms with E-state index in [2.05, 4.69) is 20.9 Å². The van der Waals surface area contributed by atoms with Gasteiger partial charge in [0.2, 0.25) is 0 Å². The fraction of sp³-hybridized carbons (Fsp3) is 0.0526. The van der Waals surface area contributed by atoms with Crippen molar-refractivity contribution in [2.75, 3.05) is 4.90 Å². The van der Waals surface area contributed by atoms with Crippen LogP contribution in [0, 0.1) is 0 Å². The van der Waals surface area contributed by atoms with E-state index in [1.807, 2.05) is 48.5 Å². The summed E-state index contributed by atoms with van der Waals surface area (Å²) in [5.41, 5.74) is 2.37. The normalized spacial score (nSPS) is 10.4. The van der Waals surface area contributed by atoms with Gasteiger partial charge in [-0.05, 0) is 54.1 Å². The van der Waals surface area contributed by atoms with Crippen molar-refractivity contribution in [3.8, 4) is 0 Å². The van der Waals surface area contributed by atoms with E-state index in [9.17, 15) is 4.79 Å². The first-order valence-corrected chi connectivity index (χ1v) is 8.52. The molecule has 1 amide bonds. The molecular formula is C19H14BrClN2O. The first-order valence-electron chi connectivity index (χ1n) is 7.35. The van der Waals surface area contributed by atoms with Crippen LogP contribution in [0.15, 0.2) is 77.5 Å². The molecule has 0 aliphatic carbocycles. The fourth-order valence-electron chi connectivity index (χ4n) is 2.32. The van der Waals surface area contributed by atoms with Crippen LogP contribution in [0.3, 0.4) is 0 Å². The maximum Gasteiger partial charge on any atom is 0.260 e. The number of benzene rings is 2. The number of rotatable bonds is 4. The van der Waals surface area contributed by atoms with Crippen LogP contribution in [0.1, 0.15) is 15.9 Å². The minimum Gasteiger partial charge on any atom is -0.304 e. The smallest absolute Gasteiger partial charge is 0.260 e. The van der Waals surface area contributed by atoms with Crippen molar-refractivity contribution in [3.63, 3.8) is 0 Å². The van der Waals surface area contributed by atoms with E-state index in [-0.39, 0.29) is 5.91 Å². The number of pyridine rings is 1. The lowest BCUT2D eigenvalue weighted by atomic mass is 10.1. The monoisotopic (exact) mass is 400 g/mol. The van der Waals surface area contributed by atoms with Crippen LogP contribution in [0.5, 0.6) is 0 Å². The van der Waals surface area contributed by atoms with Gasteiger partial charge in [0.1, 0.15) is 0 Å². The van der Waals surface area contributed by atoms with Gasteiger partial charge in [-0.15, -0.1) is 0 Å². The maximum atomic E-state index is 12.9. The molecule has 3 nitrogen and oxygen atoms in total.